The summed E-state index contributed by atoms with van der Waals surface area (Å²) in [7, 11) is 1.51. The summed E-state index contributed by atoms with van der Waals surface area (Å²) < 4.78 is 45.9. The van der Waals surface area contributed by atoms with Gasteiger partial charge in [-0.3, -0.25) is 9.36 Å². The Balaban J connectivity index is 1.79. The van der Waals surface area contributed by atoms with Crippen LogP contribution >= 0.6 is 35.0 Å². The number of halogens is 5. The molecule has 0 bridgehead atoms. The number of alkyl halides is 3. The van der Waals surface area contributed by atoms with Crippen LogP contribution in [0.3, 0.4) is 0 Å². The van der Waals surface area contributed by atoms with E-state index in [4.69, 9.17) is 27.9 Å². The Hall–Kier alpha value is -2.69. The third-order valence-corrected chi connectivity index (χ3v) is 5.86. The van der Waals surface area contributed by atoms with Crippen molar-refractivity contribution in [3.63, 3.8) is 0 Å². The van der Waals surface area contributed by atoms with Crippen molar-refractivity contribution in [3.05, 3.63) is 64.7 Å². The van der Waals surface area contributed by atoms with Gasteiger partial charge in [-0.25, -0.2) is 0 Å². The van der Waals surface area contributed by atoms with Crippen LogP contribution in [-0.4, -0.2) is 33.5 Å². The minimum Gasteiger partial charge on any atom is -0.496 e. The number of amides is 1. The molecule has 0 fully saturated rings. The molecule has 3 rings (SSSR count). The Kier molecular flexibility index (Phi) is 7.93. The number of hydrogen-bond acceptors (Lipinski definition) is 5. The van der Waals surface area contributed by atoms with Gasteiger partial charge in [0, 0.05) is 11.6 Å². The molecule has 33 heavy (non-hydrogen) atoms. The number of anilines is 1. The average Bonchev–Trinajstić information content (AvgIpc) is 3.15. The highest BCUT2D eigenvalue weighted by molar-refractivity contribution is 7.99. The standard InChI is InChI=1S/C21H17Cl2F3N4O2S/c1-3-8-30-19(14-10-13(22)5-7-17(14)32-2)28-29-20(30)33-11-18(31)27-16-9-12(21(24,25)26)4-6-15(16)23/h3-7,9-10H,1,8,11H2,2H3,(H,27,31). The molecule has 1 amide bonds. The Bertz CT molecular complexity index is 1180. The van der Waals surface area contributed by atoms with Crippen LogP contribution in [0.4, 0.5) is 18.9 Å². The summed E-state index contributed by atoms with van der Waals surface area (Å²) in [6.45, 7) is 4.07. The molecule has 0 atom stereocenters. The topological polar surface area (TPSA) is 69.0 Å². The first-order valence-electron chi connectivity index (χ1n) is 9.31. The van der Waals surface area contributed by atoms with E-state index in [1.165, 1.54) is 7.11 Å². The molecule has 0 saturated heterocycles. The molecule has 0 spiro atoms. The highest BCUT2D eigenvalue weighted by Crippen LogP contribution is 2.35. The predicted molar refractivity (Wildman–Crippen MR) is 123 cm³/mol. The minimum absolute atomic E-state index is 0.00786. The van der Waals surface area contributed by atoms with E-state index in [2.05, 4.69) is 22.1 Å². The number of hydrogen-bond donors (Lipinski definition) is 1. The lowest BCUT2D eigenvalue weighted by molar-refractivity contribution is -0.137. The number of nitrogens with one attached hydrogen (secondary N) is 1. The van der Waals surface area contributed by atoms with Crippen molar-refractivity contribution in [2.45, 2.75) is 17.9 Å². The zero-order chi connectivity index (χ0) is 24.2. The van der Waals surface area contributed by atoms with Gasteiger partial charge < -0.3 is 10.1 Å². The SMILES string of the molecule is C=CCn1c(SCC(=O)Nc2cc(C(F)(F)F)ccc2Cl)nnc1-c1cc(Cl)ccc1OC. The Morgan fingerprint density at radius 2 is 2.00 bits per heavy atom. The summed E-state index contributed by atoms with van der Waals surface area (Å²) in [5.74, 6) is 0.286. The third-order valence-electron chi connectivity index (χ3n) is 4.33. The normalized spacial score (nSPS) is 11.3. The summed E-state index contributed by atoms with van der Waals surface area (Å²) in [4.78, 5) is 12.4. The number of allylic oxidation sites excluding steroid dienone is 1. The molecular formula is C21H17Cl2F3N4O2S. The number of benzene rings is 2. The fraction of sp³-hybridized carbons (Fsp3) is 0.190. The van der Waals surface area contributed by atoms with Gasteiger partial charge in [0.05, 0.1) is 34.7 Å². The van der Waals surface area contributed by atoms with Crippen molar-refractivity contribution >= 4 is 46.6 Å². The molecule has 0 aliphatic heterocycles. The smallest absolute Gasteiger partial charge is 0.416 e. The summed E-state index contributed by atoms with van der Waals surface area (Å²) in [5, 5.41) is 11.6. The molecule has 1 aromatic heterocycles. The summed E-state index contributed by atoms with van der Waals surface area (Å²) >= 11 is 13.1. The summed E-state index contributed by atoms with van der Waals surface area (Å²) in [5.41, 5.74) is -0.443. The van der Waals surface area contributed by atoms with E-state index in [-0.39, 0.29) is 16.5 Å². The lowest BCUT2D eigenvalue weighted by Gasteiger charge is -2.12. The molecule has 0 radical (unpaired) electrons. The molecule has 6 nitrogen and oxygen atoms in total. The summed E-state index contributed by atoms with van der Waals surface area (Å²) in [6, 6.07) is 7.77. The maximum Gasteiger partial charge on any atom is 0.416 e. The van der Waals surface area contributed by atoms with Gasteiger partial charge in [-0.1, -0.05) is 41.0 Å². The quantitative estimate of drug-likeness (QED) is 0.285. The maximum absolute atomic E-state index is 12.9. The van der Waals surface area contributed by atoms with Crippen molar-refractivity contribution < 1.29 is 22.7 Å². The molecule has 2 aromatic carbocycles. The van der Waals surface area contributed by atoms with E-state index in [0.717, 1.165) is 30.0 Å². The van der Waals surface area contributed by atoms with Gasteiger partial charge in [0.1, 0.15) is 5.75 Å². The molecule has 0 saturated carbocycles. The summed E-state index contributed by atoms with van der Waals surface area (Å²) in [6.07, 6.45) is -2.92. The molecule has 0 aliphatic carbocycles. The first-order chi connectivity index (χ1) is 15.6. The maximum atomic E-state index is 12.9. The predicted octanol–water partition coefficient (Wildman–Crippen LogP) is 6.20. The van der Waals surface area contributed by atoms with Crippen molar-refractivity contribution in [2.75, 3.05) is 18.2 Å². The number of aromatic nitrogens is 3. The molecule has 1 heterocycles. The van der Waals surface area contributed by atoms with Crippen LogP contribution in [0.2, 0.25) is 10.0 Å². The lowest BCUT2D eigenvalue weighted by Crippen LogP contribution is -2.16. The van der Waals surface area contributed by atoms with Gasteiger partial charge in [-0.15, -0.1) is 16.8 Å². The van der Waals surface area contributed by atoms with E-state index >= 15 is 0 Å². The first kappa shape index (κ1) is 24.9. The van der Waals surface area contributed by atoms with E-state index in [9.17, 15) is 18.0 Å². The molecule has 174 valence electrons. The van der Waals surface area contributed by atoms with Gasteiger partial charge in [-0.2, -0.15) is 13.2 Å². The number of methoxy groups -OCH3 is 1. The second-order valence-corrected chi connectivity index (χ2v) is 8.37. The van der Waals surface area contributed by atoms with E-state index in [0.29, 0.717) is 33.9 Å². The highest BCUT2D eigenvalue weighted by Gasteiger charge is 2.31. The molecule has 0 unspecified atom stereocenters. The lowest BCUT2D eigenvalue weighted by atomic mass is 10.2. The number of carbonyl (C=O) groups is 1. The second kappa shape index (κ2) is 10.5. The zero-order valence-electron chi connectivity index (χ0n) is 17.1. The Morgan fingerprint density at radius 3 is 2.67 bits per heavy atom. The molecule has 1 N–H and O–H groups in total. The van der Waals surface area contributed by atoms with E-state index in [1.807, 2.05) is 0 Å². The van der Waals surface area contributed by atoms with E-state index in [1.54, 1.807) is 28.8 Å². The van der Waals surface area contributed by atoms with Crippen LogP contribution in [0, 0.1) is 0 Å². The van der Waals surface area contributed by atoms with Gasteiger partial charge in [0.2, 0.25) is 5.91 Å². The van der Waals surface area contributed by atoms with Crippen molar-refractivity contribution in [1.29, 1.82) is 0 Å². The number of carbonyl (C=O) groups excluding carboxylic acids is 1. The van der Waals surface area contributed by atoms with Crippen LogP contribution in [0.15, 0.2) is 54.2 Å². The fourth-order valence-corrected chi connectivity index (χ4v) is 3.94. The van der Waals surface area contributed by atoms with Crippen LogP contribution in [-0.2, 0) is 17.5 Å². The minimum atomic E-state index is -4.56. The molecule has 3 aromatic rings. The number of nitrogens with zero attached hydrogens (tertiary/aromatic N) is 3. The molecular weight excluding hydrogens is 500 g/mol. The van der Waals surface area contributed by atoms with Crippen LogP contribution < -0.4 is 10.1 Å². The van der Waals surface area contributed by atoms with Crippen LogP contribution in [0.5, 0.6) is 5.75 Å². The number of ether oxygens (including phenoxy) is 1. The average molecular weight is 517 g/mol. The highest BCUT2D eigenvalue weighted by atomic mass is 35.5. The molecule has 0 aliphatic rings. The van der Waals surface area contributed by atoms with Crippen molar-refractivity contribution in [3.8, 4) is 17.1 Å². The fourth-order valence-electron chi connectivity index (χ4n) is 2.86. The van der Waals surface area contributed by atoms with Crippen LogP contribution in [0.25, 0.3) is 11.4 Å². The van der Waals surface area contributed by atoms with Gasteiger partial charge >= 0.3 is 6.18 Å². The Morgan fingerprint density at radius 1 is 1.24 bits per heavy atom. The van der Waals surface area contributed by atoms with Crippen LogP contribution in [0.1, 0.15) is 5.56 Å². The molecule has 12 heteroatoms. The van der Waals surface area contributed by atoms with E-state index < -0.39 is 17.6 Å². The van der Waals surface area contributed by atoms with Gasteiger partial charge in [-0.05, 0) is 36.4 Å². The Labute approximate surface area is 201 Å². The number of rotatable bonds is 8. The monoisotopic (exact) mass is 516 g/mol. The van der Waals surface area contributed by atoms with Gasteiger partial charge in [0.25, 0.3) is 0 Å². The van der Waals surface area contributed by atoms with Crippen molar-refractivity contribution in [1.82, 2.24) is 14.8 Å². The number of thioether (sulfide) groups is 1. The van der Waals surface area contributed by atoms with Crippen molar-refractivity contribution in [2.24, 2.45) is 0 Å². The third kappa shape index (κ3) is 6.01. The zero-order valence-corrected chi connectivity index (χ0v) is 19.4. The second-order valence-electron chi connectivity index (χ2n) is 6.58. The largest absolute Gasteiger partial charge is 0.496 e. The first-order valence-corrected chi connectivity index (χ1v) is 11.1. The van der Waals surface area contributed by atoms with Gasteiger partial charge in [0.15, 0.2) is 11.0 Å².